The number of hydrogen-bond acceptors (Lipinski definition) is 5. The quantitative estimate of drug-likeness (QED) is 0.656. The number of aryl methyl sites for hydroxylation is 1. The van der Waals surface area contributed by atoms with E-state index in [1.807, 2.05) is 49.4 Å². The Balaban J connectivity index is 1.95. The van der Waals surface area contributed by atoms with Gasteiger partial charge in [-0.15, -0.1) is 11.3 Å². The minimum Gasteiger partial charge on any atom is -0.395 e. The van der Waals surface area contributed by atoms with Crippen molar-refractivity contribution in [3.63, 3.8) is 0 Å². The van der Waals surface area contributed by atoms with Crippen molar-refractivity contribution in [1.82, 2.24) is 4.98 Å². The number of thiazole rings is 1. The average molecular weight is 363 g/mol. The summed E-state index contributed by atoms with van der Waals surface area (Å²) in [7, 11) is 0. The first kappa shape index (κ1) is 18.1. The van der Waals surface area contributed by atoms with E-state index in [1.165, 1.54) is 11.3 Å². The number of rotatable bonds is 6. The van der Waals surface area contributed by atoms with Gasteiger partial charge in [0, 0.05) is 18.8 Å². The molecule has 0 aliphatic heterocycles. The van der Waals surface area contributed by atoms with Crippen LogP contribution in [0.15, 0.2) is 42.5 Å². The largest absolute Gasteiger partial charge is 0.395 e. The number of likely N-dealkylation sites (N-methyl/N-ethyl adjacent to an activating group) is 1. The third-order valence-corrected chi connectivity index (χ3v) is 5.38. The van der Waals surface area contributed by atoms with Crippen molar-refractivity contribution in [3.05, 3.63) is 58.6 Å². The SMILES string of the molecule is CCN(CCO)c1ccc(/C=C(\C#N)c2nc3ccccc3s2)c(C)c1. The van der Waals surface area contributed by atoms with Crippen molar-refractivity contribution >= 4 is 38.9 Å². The molecule has 0 bridgehead atoms. The van der Waals surface area contributed by atoms with Crippen molar-refractivity contribution in [2.75, 3.05) is 24.6 Å². The summed E-state index contributed by atoms with van der Waals surface area (Å²) in [6.45, 7) is 5.69. The second kappa shape index (κ2) is 8.13. The molecular formula is C21H21N3OS. The topological polar surface area (TPSA) is 60.1 Å². The lowest BCUT2D eigenvalue weighted by molar-refractivity contribution is 0.302. The Morgan fingerprint density at radius 2 is 2.12 bits per heavy atom. The molecule has 0 spiro atoms. The van der Waals surface area contributed by atoms with Gasteiger partial charge in [0.1, 0.15) is 11.1 Å². The molecule has 0 saturated heterocycles. The van der Waals surface area contributed by atoms with Gasteiger partial charge in [-0.1, -0.05) is 18.2 Å². The summed E-state index contributed by atoms with van der Waals surface area (Å²) in [5, 5.41) is 19.6. The van der Waals surface area contributed by atoms with E-state index in [0.717, 1.165) is 38.6 Å². The van der Waals surface area contributed by atoms with E-state index in [-0.39, 0.29) is 6.61 Å². The molecule has 4 nitrogen and oxygen atoms in total. The number of aliphatic hydroxyl groups excluding tert-OH is 1. The molecule has 0 atom stereocenters. The van der Waals surface area contributed by atoms with Gasteiger partial charge in [-0.2, -0.15) is 5.26 Å². The van der Waals surface area contributed by atoms with E-state index < -0.39 is 0 Å². The van der Waals surface area contributed by atoms with Crippen LogP contribution in [-0.2, 0) is 0 Å². The highest BCUT2D eigenvalue weighted by molar-refractivity contribution is 7.19. The molecule has 0 amide bonds. The number of aromatic nitrogens is 1. The van der Waals surface area contributed by atoms with Gasteiger partial charge in [-0.25, -0.2) is 4.98 Å². The van der Waals surface area contributed by atoms with Crippen LogP contribution in [-0.4, -0.2) is 29.8 Å². The van der Waals surface area contributed by atoms with Crippen LogP contribution in [0.1, 0.15) is 23.1 Å². The number of benzene rings is 2. The van der Waals surface area contributed by atoms with E-state index >= 15 is 0 Å². The van der Waals surface area contributed by atoms with E-state index in [0.29, 0.717) is 12.1 Å². The monoisotopic (exact) mass is 363 g/mol. The minimum atomic E-state index is 0.130. The van der Waals surface area contributed by atoms with Crippen LogP contribution in [0.2, 0.25) is 0 Å². The van der Waals surface area contributed by atoms with Gasteiger partial charge < -0.3 is 10.0 Å². The summed E-state index contributed by atoms with van der Waals surface area (Å²) in [5.74, 6) is 0. The van der Waals surface area contributed by atoms with Crippen LogP contribution in [0.4, 0.5) is 5.69 Å². The van der Waals surface area contributed by atoms with Gasteiger partial charge in [0.05, 0.1) is 22.4 Å². The molecule has 0 unspecified atom stereocenters. The van der Waals surface area contributed by atoms with Gasteiger partial charge in [-0.05, 0) is 55.3 Å². The van der Waals surface area contributed by atoms with E-state index in [9.17, 15) is 10.4 Å². The zero-order chi connectivity index (χ0) is 18.5. The molecule has 132 valence electrons. The van der Waals surface area contributed by atoms with E-state index in [4.69, 9.17) is 0 Å². The summed E-state index contributed by atoms with van der Waals surface area (Å²) in [5.41, 5.74) is 4.67. The average Bonchev–Trinajstić information content (AvgIpc) is 3.09. The highest BCUT2D eigenvalue weighted by atomic mass is 32.1. The molecule has 3 aromatic rings. The molecule has 26 heavy (non-hydrogen) atoms. The Labute approximate surface area is 157 Å². The van der Waals surface area contributed by atoms with E-state index in [1.54, 1.807) is 0 Å². The maximum atomic E-state index is 9.62. The molecule has 0 aliphatic rings. The summed E-state index contributed by atoms with van der Waals surface area (Å²) in [4.78, 5) is 6.71. The van der Waals surface area contributed by atoms with Crippen molar-refractivity contribution in [3.8, 4) is 6.07 Å². The van der Waals surface area contributed by atoms with Gasteiger partial charge in [-0.3, -0.25) is 0 Å². The zero-order valence-electron chi connectivity index (χ0n) is 14.9. The molecule has 2 aromatic carbocycles. The zero-order valence-corrected chi connectivity index (χ0v) is 15.8. The molecular weight excluding hydrogens is 342 g/mol. The minimum absolute atomic E-state index is 0.130. The van der Waals surface area contributed by atoms with Crippen molar-refractivity contribution in [1.29, 1.82) is 5.26 Å². The third-order valence-electron chi connectivity index (χ3n) is 4.31. The first-order valence-electron chi connectivity index (χ1n) is 8.60. The molecule has 0 radical (unpaired) electrons. The molecule has 5 heteroatoms. The molecule has 1 heterocycles. The standard InChI is InChI=1S/C21H21N3OS/c1-3-24(10-11-25)18-9-8-16(15(2)12-18)13-17(14-22)21-23-19-6-4-5-7-20(19)26-21/h4-9,12-13,25H,3,10-11H2,1-2H3/b17-13+. The number of nitrogens with zero attached hydrogens (tertiary/aromatic N) is 3. The Kier molecular flexibility index (Phi) is 5.67. The molecule has 3 rings (SSSR count). The van der Waals surface area contributed by atoms with E-state index in [2.05, 4.69) is 28.9 Å². The van der Waals surface area contributed by atoms with Crippen LogP contribution < -0.4 is 4.90 Å². The fourth-order valence-corrected chi connectivity index (χ4v) is 3.83. The molecule has 0 fully saturated rings. The Morgan fingerprint density at radius 3 is 2.77 bits per heavy atom. The summed E-state index contributed by atoms with van der Waals surface area (Å²) in [6.07, 6.45) is 1.90. The number of hydrogen-bond donors (Lipinski definition) is 1. The van der Waals surface area contributed by atoms with Gasteiger partial charge in [0.15, 0.2) is 0 Å². The van der Waals surface area contributed by atoms with Gasteiger partial charge in [0.2, 0.25) is 0 Å². The lowest BCUT2D eigenvalue weighted by Gasteiger charge is -2.22. The van der Waals surface area contributed by atoms with Gasteiger partial charge >= 0.3 is 0 Å². The lowest BCUT2D eigenvalue weighted by Crippen LogP contribution is -2.26. The second-order valence-electron chi connectivity index (χ2n) is 6.00. The Morgan fingerprint density at radius 1 is 1.31 bits per heavy atom. The number of para-hydroxylation sites is 1. The number of allylic oxidation sites excluding steroid dienone is 1. The number of fused-ring (bicyclic) bond motifs is 1. The first-order valence-corrected chi connectivity index (χ1v) is 9.42. The van der Waals surface area contributed by atoms with Crippen molar-refractivity contribution in [2.24, 2.45) is 0 Å². The third kappa shape index (κ3) is 3.77. The predicted molar refractivity (Wildman–Crippen MR) is 109 cm³/mol. The summed E-state index contributed by atoms with van der Waals surface area (Å²) in [6, 6.07) is 16.4. The number of aliphatic hydroxyl groups is 1. The second-order valence-corrected chi connectivity index (χ2v) is 7.03. The number of nitriles is 1. The fourth-order valence-electron chi connectivity index (χ4n) is 2.89. The molecule has 1 aromatic heterocycles. The van der Waals surface area contributed by atoms with Crippen molar-refractivity contribution < 1.29 is 5.11 Å². The molecule has 1 N–H and O–H groups in total. The van der Waals surface area contributed by atoms with Crippen LogP contribution in [0, 0.1) is 18.3 Å². The van der Waals surface area contributed by atoms with Crippen LogP contribution in [0.25, 0.3) is 21.9 Å². The molecule has 0 saturated carbocycles. The van der Waals surface area contributed by atoms with Crippen LogP contribution >= 0.6 is 11.3 Å². The summed E-state index contributed by atoms with van der Waals surface area (Å²) >= 11 is 1.54. The maximum Gasteiger partial charge on any atom is 0.135 e. The fraction of sp³-hybridized carbons (Fsp3) is 0.238. The van der Waals surface area contributed by atoms with Gasteiger partial charge in [0.25, 0.3) is 0 Å². The predicted octanol–water partition coefficient (Wildman–Crippen LogP) is 4.49. The maximum absolute atomic E-state index is 9.62. The first-order chi connectivity index (χ1) is 12.7. The highest BCUT2D eigenvalue weighted by Crippen LogP contribution is 2.29. The summed E-state index contributed by atoms with van der Waals surface area (Å²) < 4.78 is 1.08. The van der Waals surface area contributed by atoms with Crippen LogP contribution in [0.5, 0.6) is 0 Å². The molecule has 0 aliphatic carbocycles. The smallest absolute Gasteiger partial charge is 0.135 e. The highest BCUT2D eigenvalue weighted by Gasteiger charge is 2.10. The Bertz CT molecular complexity index is 951. The Hall–Kier alpha value is -2.68. The van der Waals surface area contributed by atoms with Crippen molar-refractivity contribution in [2.45, 2.75) is 13.8 Å². The normalized spacial score (nSPS) is 11.5. The lowest BCUT2D eigenvalue weighted by atomic mass is 10.0. The number of anilines is 1. The van der Waals surface area contributed by atoms with Crippen LogP contribution in [0.3, 0.4) is 0 Å².